The zero-order valence-electron chi connectivity index (χ0n) is 10.2. The molecule has 0 aliphatic carbocycles. The molecule has 0 aromatic carbocycles. The SMILES string of the molecule is CCC1(C)CN(c2cccnc2)CCCN1. The van der Waals surface area contributed by atoms with Crippen LogP contribution in [0.25, 0.3) is 0 Å². The highest BCUT2D eigenvalue weighted by atomic mass is 15.2. The highest BCUT2D eigenvalue weighted by molar-refractivity contribution is 5.44. The number of nitrogens with zero attached hydrogens (tertiary/aromatic N) is 2. The molecular formula is C13H21N3. The first kappa shape index (κ1) is 11.4. The fourth-order valence-corrected chi connectivity index (χ4v) is 2.21. The molecule has 1 N–H and O–H groups in total. The van der Waals surface area contributed by atoms with Gasteiger partial charge in [-0.1, -0.05) is 6.92 Å². The van der Waals surface area contributed by atoms with Gasteiger partial charge in [0.1, 0.15) is 0 Å². The van der Waals surface area contributed by atoms with Crippen LogP contribution in [-0.4, -0.2) is 30.2 Å². The van der Waals surface area contributed by atoms with E-state index in [4.69, 9.17) is 0 Å². The number of aromatic nitrogens is 1. The van der Waals surface area contributed by atoms with Crippen LogP contribution in [0, 0.1) is 0 Å². The molecule has 0 radical (unpaired) electrons. The minimum absolute atomic E-state index is 0.229. The van der Waals surface area contributed by atoms with E-state index < -0.39 is 0 Å². The molecule has 3 nitrogen and oxygen atoms in total. The van der Waals surface area contributed by atoms with Crippen molar-refractivity contribution in [3.05, 3.63) is 24.5 Å². The Morgan fingerprint density at radius 2 is 2.44 bits per heavy atom. The second-order valence-electron chi connectivity index (χ2n) is 4.83. The van der Waals surface area contributed by atoms with Crippen LogP contribution in [-0.2, 0) is 0 Å². The summed E-state index contributed by atoms with van der Waals surface area (Å²) in [7, 11) is 0. The van der Waals surface area contributed by atoms with Gasteiger partial charge in [0, 0.05) is 24.8 Å². The number of anilines is 1. The van der Waals surface area contributed by atoms with E-state index in [1.807, 2.05) is 18.5 Å². The number of pyridine rings is 1. The molecule has 0 amide bonds. The van der Waals surface area contributed by atoms with Crippen LogP contribution in [0.15, 0.2) is 24.5 Å². The Hall–Kier alpha value is -1.09. The fourth-order valence-electron chi connectivity index (χ4n) is 2.21. The quantitative estimate of drug-likeness (QED) is 0.825. The molecule has 16 heavy (non-hydrogen) atoms. The van der Waals surface area contributed by atoms with Gasteiger partial charge in [-0.15, -0.1) is 0 Å². The first-order valence-corrected chi connectivity index (χ1v) is 6.13. The molecule has 0 spiro atoms. The monoisotopic (exact) mass is 219 g/mol. The van der Waals surface area contributed by atoms with Gasteiger partial charge in [0.05, 0.1) is 11.9 Å². The maximum atomic E-state index is 4.20. The third-order valence-electron chi connectivity index (χ3n) is 3.49. The third kappa shape index (κ3) is 2.53. The van der Waals surface area contributed by atoms with Crippen molar-refractivity contribution in [2.45, 2.75) is 32.2 Å². The van der Waals surface area contributed by atoms with Crippen LogP contribution in [0.1, 0.15) is 26.7 Å². The summed E-state index contributed by atoms with van der Waals surface area (Å²) in [4.78, 5) is 6.64. The molecule has 1 saturated heterocycles. The van der Waals surface area contributed by atoms with Gasteiger partial charge in [-0.2, -0.15) is 0 Å². The first-order valence-electron chi connectivity index (χ1n) is 6.13. The van der Waals surface area contributed by atoms with Crippen LogP contribution in [0.5, 0.6) is 0 Å². The lowest BCUT2D eigenvalue weighted by atomic mass is 9.98. The van der Waals surface area contributed by atoms with E-state index in [0.717, 1.165) is 26.1 Å². The minimum Gasteiger partial charge on any atom is -0.368 e. The summed E-state index contributed by atoms with van der Waals surface area (Å²) in [6.45, 7) is 7.85. The largest absolute Gasteiger partial charge is 0.368 e. The van der Waals surface area contributed by atoms with Gasteiger partial charge < -0.3 is 10.2 Å². The van der Waals surface area contributed by atoms with Gasteiger partial charge in [0.15, 0.2) is 0 Å². The molecule has 2 rings (SSSR count). The van der Waals surface area contributed by atoms with Crippen molar-refractivity contribution in [2.75, 3.05) is 24.5 Å². The summed E-state index contributed by atoms with van der Waals surface area (Å²) < 4.78 is 0. The fraction of sp³-hybridized carbons (Fsp3) is 0.615. The number of nitrogens with one attached hydrogen (secondary N) is 1. The van der Waals surface area contributed by atoms with Gasteiger partial charge in [0.2, 0.25) is 0 Å². The summed E-state index contributed by atoms with van der Waals surface area (Å²) in [5, 5.41) is 3.65. The molecule has 2 heterocycles. The van der Waals surface area contributed by atoms with E-state index in [0.29, 0.717) is 0 Å². The lowest BCUT2D eigenvalue weighted by molar-refractivity contribution is 0.366. The van der Waals surface area contributed by atoms with Crippen molar-refractivity contribution in [2.24, 2.45) is 0 Å². The lowest BCUT2D eigenvalue weighted by Crippen LogP contribution is -2.48. The van der Waals surface area contributed by atoms with Gasteiger partial charge in [-0.25, -0.2) is 0 Å². The van der Waals surface area contributed by atoms with E-state index >= 15 is 0 Å². The molecule has 1 unspecified atom stereocenters. The summed E-state index contributed by atoms with van der Waals surface area (Å²) in [5.74, 6) is 0. The van der Waals surface area contributed by atoms with E-state index in [1.54, 1.807) is 0 Å². The summed E-state index contributed by atoms with van der Waals surface area (Å²) >= 11 is 0. The van der Waals surface area contributed by atoms with E-state index in [2.05, 4.69) is 35.1 Å². The maximum Gasteiger partial charge on any atom is 0.0553 e. The van der Waals surface area contributed by atoms with Crippen LogP contribution >= 0.6 is 0 Å². The highest BCUT2D eigenvalue weighted by Crippen LogP contribution is 2.20. The predicted octanol–water partition coefficient (Wildman–Crippen LogP) is 2.05. The molecule has 1 aliphatic rings. The Labute approximate surface area is 97.9 Å². The Balaban J connectivity index is 2.15. The van der Waals surface area contributed by atoms with Crippen LogP contribution in [0.3, 0.4) is 0 Å². The molecule has 88 valence electrons. The van der Waals surface area contributed by atoms with Crippen LogP contribution < -0.4 is 10.2 Å². The molecular weight excluding hydrogens is 198 g/mol. The third-order valence-corrected chi connectivity index (χ3v) is 3.49. The van der Waals surface area contributed by atoms with Gasteiger partial charge in [0.25, 0.3) is 0 Å². The second kappa shape index (κ2) is 4.83. The zero-order chi connectivity index (χ0) is 11.4. The number of hydrogen-bond acceptors (Lipinski definition) is 3. The zero-order valence-corrected chi connectivity index (χ0v) is 10.2. The van der Waals surface area contributed by atoms with E-state index in [9.17, 15) is 0 Å². The molecule has 0 bridgehead atoms. The average molecular weight is 219 g/mol. The molecule has 1 aromatic rings. The summed E-state index contributed by atoms with van der Waals surface area (Å²) in [6, 6.07) is 4.16. The molecule has 0 saturated carbocycles. The van der Waals surface area contributed by atoms with Crippen LogP contribution in [0.2, 0.25) is 0 Å². The Morgan fingerprint density at radius 3 is 3.12 bits per heavy atom. The standard InChI is InChI=1S/C13H21N3/c1-3-13(2)11-16(9-5-8-15-13)12-6-4-7-14-10-12/h4,6-7,10,15H,3,5,8-9,11H2,1-2H3. The van der Waals surface area contributed by atoms with Crippen molar-refractivity contribution in [3.8, 4) is 0 Å². The highest BCUT2D eigenvalue weighted by Gasteiger charge is 2.27. The number of rotatable bonds is 2. The van der Waals surface area contributed by atoms with E-state index in [-0.39, 0.29) is 5.54 Å². The van der Waals surface area contributed by atoms with Crippen molar-refractivity contribution in [3.63, 3.8) is 0 Å². The molecule has 1 aliphatic heterocycles. The Morgan fingerprint density at radius 1 is 1.56 bits per heavy atom. The predicted molar refractivity (Wildman–Crippen MR) is 67.8 cm³/mol. The van der Waals surface area contributed by atoms with Crippen molar-refractivity contribution >= 4 is 5.69 Å². The van der Waals surface area contributed by atoms with Crippen molar-refractivity contribution in [1.82, 2.24) is 10.3 Å². The lowest BCUT2D eigenvalue weighted by Gasteiger charge is -2.33. The number of hydrogen-bond donors (Lipinski definition) is 1. The normalized spacial score (nSPS) is 26.5. The Kier molecular flexibility index (Phi) is 3.44. The molecule has 1 aromatic heterocycles. The summed E-state index contributed by atoms with van der Waals surface area (Å²) in [6.07, 6.45) is 6.15. The second-order valence-corrected chi connectivity index (χ2v) is 4.83. The minimum atomic E-state index is 0.229. The molecule has 1 fully saturated rings. The van der Waals surface area contributed by atoms with Gasteiger partial charge in [-0.05, 0) is 38.4 Å². The molecule has 1 atom stereocenters. The van der Waals surface area contributed by atoms with Gasteiger partial charge >= 0.3 is 0 Å². The first-order chi connectivity index (χ1) is 7.73. The van der Waals surface area contributed by atoms with Crippen molar-refractivity contribution in [1.29, 1.82) is 0 Å². The Bertz CT molecular complexity index is 325. The van der Waals surface area contributed by atoms with E-state index in [1.165, 1.54) is 12.1 Å². The van der Waals surface area contributed by atoms with Crippen molar-refractivity contribution < 1.29 is 0 Å². The van der Waals surface area contributed by atoms with Crippen LogP contribution in [0.4, 0.5) is 5.69 Å². The van der Waals surface area contributed by atoms with Gasteiger partial charge in [-0.3, -0.25) is 4.98 Å². The average Bonchev–Trinajstić information content (AvgIpc) is 2.53. The molecule has 3 heteroatoms. The summed E-state index contributed by atoms with van der Waals surface area (Å²) in [5.41, 5.74) is 1.47. The maximum absolute atomic E-state index is 4.20. The smallest absolute Gasteiger partial charge is 0.0553 e. The topological polar surface area (TPSA) is 28.2 Å².